The van der Waals surface area contributed by atoms with Gasteiger partial charge in [0.1, 0.15) is 5.56 Å². The Kier molecular flexibility index (Phi) is 4.57. The van der Waals surface area contributed by atoms with Gasteiger partial charge in [-0.25, -0.2) is 13.9 Å². The van der Waals surface area contributed by atoms with Crippen LogP contribution < -0.4 is 11.1 Å². The summed E-state index contributed by atoms with van der Waals surface area (Å²) in [5.41, 5.74) is 7.66. The van der Waals surface area contributed by atoms with Gasteiger partial charge in [0.05, 0.1) is 24.3 Å². The highest BCUT2D eigenvalue weighted by Crippen LogP contribution is 2.45. The number of carbonyl (C=O) groups excluding carboxylic acids is 2. The number of likely N-dealkylation sites (tertiary alicyclic amines) is 1. The number of carbonyl (C=O) groups is 2. The Bertz CT molecular complexity index is 1190. The lowest BCUT2D eigenvalue weighted by Gasteiger charge is -2.31. The fourth-order valence-electron chi connectivity index (χ4n) is 4.96. The van der Waals surface area contributed by atoms with Gasteiger partial charge in [-0.15, -0.1) is 5.10 Å². The molecule has 31 heavy (non-hydrogen) atoms. The van der Waals surface area contributed by atoms with Crippen molar-refractivity contribution in [3.05, 3.63) is 47.8 Å². The van der Waals surface area contributed by atoms with E-state index >= 15 is 0 Å². The van der Waals surface area contributed by atoms with Gasteiger partial charge in [-0.3, -0.25) is 14.6 Å². The number of aromatic nitrogens is 4. The Labute approximate surface area is 177 Å². The predicted molar refractivity (Wildman–Crippen MR) is 111 cm³/mol. The molecule has 0 aromatic carbocycles. The van der Waals surface area contributed by atoms with E-state index in [9.17, 15) is 14.0 Å². The summed E-state index contributed by atoms with van der Waals surface area (Å²) < 4.78 is 14.6. The summed E-state index contributed by atoms with van der Waals surface area (Å²) in [6.07, 6.45) is 8.06. The number of halogens is 1. The van der Waals surface area contributed by atoms with Crippen molar-refractivity contribution in [2.45, 2.75) is 25.2 Å². The number of nitrogen functional groups attached to an aromatic ring is 1. The minimum Gasteiger partial charge on any atom is -0.381 e. The second-order valence-electron chi connectivity index (χ2n) is 8.31. The molecule has 2 fully saturated rings. The van der Waals surface area contributed by atoms with Crippen LogP contribution in [0.2, 0.25) is 0 Å². The van der Waals surface area contributed by atoms with Crippen molar-refractivity contribution in [2.24, 2.45) is 11.8 Å². The Hall–Kier alpha value is -3.56. The van der Waals surface area contributed by atoms with E-state index in [4.69, 9.17) is 5.73 Å². The zero-order valence-electron chi connectivity index (χ0n) is 17.0. The number of fused-ring (bicyclic) bond motifs is 2. The Morgan fingerprint density at radius 1 is 1.32 bits per heavy atom. The molecule has 1 saturated carbocycles. The molecule has 0 bridgehead atoms. The fourth-order valence-corrected chi connectivity index (χ4v) is 4.96. The molecule has 0 radical (unpaired) electrons. The molecule has 1 aliphatic heterocycles. The molecule has 1 aliphatic carbocycles. The van der Waals surface area contributed by atoms with Crippen molar-refractivity contribution in [2.75, 3.05) is 24.6 Å². The number of anilines is 2. The Morgan fingerprint density at radius 2 is 2.16 bits per heavy atom. The van der Waals surface area contributed by atoms with E-state index in [0.717, 1.165) is 48.3 Å². The zero-order chi connectivity index (χ0) is 21.7. The number of nitrogens with zero attached hydrogens (tertiary/aromatic N) is 5. The molecule has 1 unspecified atom stereocenters. The van der Waals surface area contributed by atoms with Crippen LogP contribution in [0.4, 0.5) is 15.9 Å². The molecule has 2 aliphatic rings. The van der Waals surface area contributed by atoms with E-state index < -0.39 is 11.7 Å². The van der Waals surface area contributed by atoms with Crippen molar-refractivity contribution < 1.29 is 14.0 Å². The van der Waals surface area contributed by atoms with Crippen LogP contribution in [0.1, 0.15) is 41.1 Å². The average Bonchev–Trinajstić information content (AvgIpc) is 3.23. The second kappa shape index (κ2) is 7.29. The molecule has 9 nitrogen and oxygen atoms in total. The van der Waals surface area contributed by atoms with Crippen molar-refractivity contribution >= 4 is 29.0 Å². The van der Waals surface area contributed by atoms with Crippen molar-refractivity contribution in [1.29, 1.82) is 0 Å². The number of amides is 2. The number of nitrogens with one attached hydrogen (secondary N) is 1. The minimum atomic E-state index is -0.584. The molecule has 3 N–H and O–H groups in total. The molecule has 3 aromatic heterocycles. The SMILES string of the molecule is CN1C[C@@H]2CCC(c3ccncc3NC(=O)c3c(N)nn4cc(F)cnc34)C[C@H]2C1=O. The first-order chi connectivity index (χ1) is 14.9. The molecule has 10 heteroatoms. The van der Waals surface area contributed by atoms with Crippen molar-refractivity contribution in [1.82, 2.24) is 24.5 Å². The maximum Gasteiger partial charge on any atom is 0.263 e. The lowest BCUT2D eigenvalue weighted by atomic mass is 9.73. The first-order valence-electron chi connectivity index (χ1n) is 10.2. The first kappa shape index (κ1) is 19.4. The molecular weight excluding hydrogens is 401 g/mol. The Morgan fingerprint density at radius 3 is 3.00 bits per heavy atom. The predicted octanol–water partition coefficient (Wildman–Crippen LogP) is 2.07. The van der Waals surface area contributed by atoms with Gasteiger partial charge in [-0.1, -0.05) is 0 Å². The van der Waals surface area contributed by atoms with Crippen LogP contribution in [0.25, 0.3) is 5.65 Å². The van der Waals surface area contributed by atoms with Gasteiger partial charge >= 0.3 is 0 Å². The molecule has 1 saturated heterocycles. The van der Waals surface area contributed by atoms with Gasteiger partial charge in [0.2, 0.25) is 5.91 Å². The van der Waals surface area contributed by atoms with Gasteiger partial charge < -0.3 is 16.0 Å². The monoisotopic (exact) mass is 423 g/mol. The molecule has 160 valence electrons. The van der Waals surface area contributed by atoms with E-state index in [1.54, 1.807) is 12.4 Å². The van der Waals surface area contributed by atoms with Crippen LogP contribution in [0.5, 0.6) is 0 Å². The standard InChI is InChI=1S/C21H22FN7O2/c1-28-9-12-3-2-11(6-15(12)21(28)31)14-4-5-24-8-16(14)26-20(30)17-18(23)27-29-10-13(22)7-25-19(17)29/h4-5,7-8,10-12,15H,2-3,6,9H2,1H3,(H2,23,27)(H,26,30)/t11?,12-,15+/m0/s1. The van der Waals surface area contributed by atoms with Gasteiger partial charge in [-0.2, -0.15) is 0 Å². The summed E-state index contributed by atoms with van der Waals surface area (Å²) in [6, 6.07) is 1.89. The number of hydrogen-bond acceptors (Lipinski definition) is 6. The quantitative estimate of drug-likeness (QED) is 0.666. The summed E-state index contributed by atoms with van der Waals surface area (Å²) in [5, 5.41) is 6.85. The normalized spacial score (nSPS) is 23.2. The third-order valence-electron chi connectivity index (χ3n) is 6.43. The van der Waals surface area contributed by atoms with Crippen LogP contribution in [0.3, 0.4) is 0 Å². The summed E-state index contributed by atoms with van der Waals surface area (Å²) in [4.78, 5) is 35.5. The number of rotatable bonds is 3. The summed E-state index contributed by atoms with van der Waals surface area (Å²) in [5.74, 6) is -0.352. The van der Waals surface area contributed by atoms with E-state index in [1.807, 2.05) is 18.0 Å². The van der Waals surface area contributed by atoms with Gasteiger partial charge in [0.15, 0.2) is 17.3 Å². The van der Waals surface area contributed by atoms with Crippen LogP contribution in [-0.2, 0) is 4.79 Å². The zero-order valence-corrected chi connectivity index (χ0v) is 17.0. The molecule has 2 amide bonds. The topological polar surface area (TPSA) is 119 Å². The highest BCUT2D eigenvalue weighted by Gasteiger charge is 2.43. The van der Waals surface area contributed by atoms with Crippen molar-refractivity contribution in [3.63, 3.8) is 0 Å². The third kappa shape index (κ3) is 3.28. The lowest BCUT2D eigenvalue weighted by molar-refractivity contribution is -0.130. The summed E-state index contributed by atoms with van der Waals surface area (Å²) >= 11 is 0. The molecule has 0 spiro atoms. The molecule has 3 aromatic rings. The first-order valence-corrected chi connectivity index (χ1v) is 10.2. The lowest BCUT2D eigenvalue weighted by Crippen LogP contribution is -2.27. The smallest absolute Gasteiger partial charge is 0.263 e. The average molecular weight is 423 g/mol. The highest BCUT2D eigenvalue weighted by molar-refractivity contribution is 6.11. The number of hydrogen-bond donors (Lipinski definition) is 2. The summed E-state index contributed by atoms with van der Waals surface area (Å²) in [6.45, 7) is 0.817. The molecule has 4 heterocycles. The van der Waals surface area contributed by atoms with Crippen LogP contribution in [0.15, 0.2) is 30.9 Å². The summed E-state index contributed by atoms with van der Waals surface area (Å²) in [7, 11) is 1.86. The second-order valence-corrected chi connectivity index (χ2v) is 8.31. The van der Waals surface area contributed by atoms with Crippen LogP contribution in [0, 0.1) is 17.7 Å². The van der Waals surface area contributed by atoms with E-state index in [0.29, 0.717) is 11.6 Å². The fraction of sp³-hybridized carbons (Fsp3) is 0.381. The number of nitrogens with two attached hydrogens (primary N) is 1. The van der Waals surface area contributed by atoms with E-state index in [2.05, 4.69) is 20.4 Å². The largest absolute Gasteiger partial charge is 0.381 e. The maximum atomic E-state index is 13.4. The molecule has 5 rings (SSSR count). The molecular formula is C21H22FN7O2. The van der Waals surface area contributed by atoms with E-state index in [-0.39, 0.29) is 34.8 Å². The third-order valence-corrected chi connectivity index (χ3v) is 6.43. The molecule has 3 atom stereocenters. The van der Waals surface area contributed by atoms with Crippen LogP contribution in [-0.4, -0.2) is 49.9 Å². The van der Waals surface area contributed by atoms with Crippen molar-refractivity contribution in [3.8, 4) is 0 Å². The van der Waals surface area contributed by atoms with Gasteiger partial charge in [0.25, 0.3) is 5.91 Å². The van der Waals surface area contributed by atoms with Gasteiger partial charge in [-0.05, 0) is 42.7 Å². The van der Waals surface area contributed by atoms with Crippen LogP contribution >= 0.6 is 0 Å². The minimum absolute atomic E-state index is 0.0230. The number of pyridine rings is 1. The van der Waals surface area contributed by atoms with Gasteiger partial charge in [0, 0.05) is 25.7 Å². The Balaban J connectivity index is 1.42. The maximum absolute atomic E-state index is 13.4. The highest BCUT2D eigenvalue weighted by atomic mass is 19.1. The van der Waals surface area contributed by atoms with E-state index in [1.165, 1.54) is 0 Å².